The zero-order valence-electron chi connectivity index (χ0n) is 13.1. The maximum absolute atomic E-state index is 13.9. The lowest BCUT2D eigenvalue weighted by molar-refractivity contribution is 0.0428. The molecule has 0 spiro atoms. The number of aliphatic hydroxyl groups excluding tert-OH is 1. The molecule has 0 aliphatic carbocycles. The highest BCUT2D eigenvalue weighted by atomic mass is 19.1. The maximum atomic E-state index is 13.9. The van der Waals surface area contributed by atoms with E-state index >= 15 is 0 Å². The number of aliphatic hydroxyl groups is 1. The van der Waals surface area contributed by atoms with Crippen molar-refractivity contribution in [2.75, 3.05) is 19.7 Å². The monoisotopic (exact) mass is 292 g/mol. The van der Waals surface area contributed by atoms with Crippen molar-refractivity contribution >= 4 is 10.9 Å². The first kappa shape index (κ1) is 16.0. The third-order valence-electron chi connectivity index (χ3n) is 3.84. The molecule has 0 radical (unpaired) electrons. The Morgan fingerprint density at radius 1 is 1.33 bits per heavy atom. The third kappa shape index (κ3) is 3.44. The van der Waals surface area contributed by atoms with Crippen LogP contribution in [0.4, 0.5) is 4.39 Å². The molecule has 0 saturated heterocycles. The van der Waals surface area contributed by atoms with E-state index in [1.165, 1.54) is 23.6 Å². The number of halogens is 1. The lowest BCUT2D eigenvalue weighted by atomic mass is 10.0. The molecule has 2 aromatic rings. The summed E-state index contributed by atoms with van der Waals surface area (Å²) in [7, 11) is 0. The topological polar surface area (TPSA) is 39.3 Å². The number of aromatic nitrogens is 1. The average Bonchev–Trinajstić information content (AvgIpc) is 2.86. The third-order valence-corrected chi connectivity index (χ3v) is 3.84. The van der Waals surface area contributed by atoms with Gasteiger partial charge in [0.2, 0.25) is 0 Å². The van der Waals surface area contributed by atoms with E-state index in [2.05, 4.69) is 22.0 Å². The molecule has 0 amide bonds. The van der Waals surface area contributed by atoms with E-state index in [1.54, 1.807) is 0 Å². The number of hydrogen-bond donors (Lipinski definition) is 2. The van der Waals surface area contributed by atoms with Gasteiger partial charge in [0.05, 0.1) is 6.61 Å². The van der Waals surface area contributed by atoms with Crippen molar-refractivity contribution in [2.24, 2.45) is 0 Å². The van der Waals surface area contributed by atoms with Crippen molar-refractivity contribution < 1.29 is 9.50 Å². The molecule has 116 valence electrons. The maximum Gasteiger partial charge on any atom is 0.143 e. The van der Waals surface area contributed by atoms with Crippen LogP contribution in [0.15, 0.2) is 24.3 Å². The molecule has 1 aliphatic rings. The van der Waals surface area contributed by atoms with Crippen molar-refractivity contribution in [3.63, 3.8) is 0 Å². The summed E-state index contributed by atoms with van der Waals surface area (Å²) in [6, 6.07) is 8.28. The molecule has 1 aromatic heterocycles. The summed E-state index contributed by atoms with van der Waals surface area (Å²) in [5.74, 6) is 0. The summed E-state index contributed by atoms with van der Waals surface area (Å²) in [5.41, 5.74) is 2.17. The lowest BCUT2D eigenvalue weighted by Gasteiger charge is -2.31. The first-order chi connectivity index (χ1) is 10.1. The molecule has 2 N–H and O–H groups in total. The van der Waals surface area contributed by atoms with E-state index in [0.717, 1.165) is 25.0 Å². The molecule has 0 bridgehead atoms. The van der Waals surface area contributed by atoms with E-state index in [9.17, 15) is 4.39 Å². The van der Waals surface area contributed by atoms with Crippen LogP contribution in [-0.4, -0.2) is 40.4 Å². The van der Waals surface area contributed by atoms with Crippen molar-refractivity contribution in [1.82, 2.24) is 9.88 Å². The Kier molecular flexibility index (Phi) is 5.01. The fourth-order valence-corrected chi connectivity index (χ4v) is 2.90. The first-order valence-corrected chi connectivity index (χ1v) is 7.70. The summed E-state index contributed by atoms with van der Waals surface area (Å²) < 4.78 is 13.9. The number of nitrogens with one attached hydrogen (secondary N) is 1. The fraction of sp³-hybridized carbons (Fsp3) is 0.529. The highest BCUT2D eigenvalue weighted by Gasteiger charge is 2.28. The highest BCUT2D eigenvalue weighted by Crippen LogP contribution is 2.28. The minimum Gasteiger partial charge on any atom is -0.393 e. The number of hydrogen-bond acceptors (Lipinski definition) is 2. The molecular formula is C17H25FN2O. The summed E-state index contributed by atoms with van der Waals surface area (Å²) in [4.78, 5) is 5.49. The van der Waals surface area contributed by atoms with Crippen LogP contribution in [0.3, 0.4) is 0 Å². The Morgan fingerprint density at radius 3 is 2.76 bits per heavy atom. The van der Waals surface area contributed by atoms with Gasteiger partial charge in [0, 0.05) is 36.2 Å². The predicted octanol–water partition coefficient (Wildman–Crippen LogP) is 3.27. The molecule has 4 heteroatoms. The number of aromatic amines is 1. The van der Waals surface area contributed by atoms with Gasteiger partial charge in [-0.05, 0) is 25.0 Å². The first-order valence-electron chi connectivity index (χ1n) is 7.70. The quantitative estimate of drug-likeness (QED) is 0.911. The zero-order chi connectivity index (χ0) is 15.5. The van der Waals surface area contributed by atoms with Gasteiger partial charge in [-0.25, -0.2) is 4.39 Å². The van der Waals surface area contributed by atoms with Gasteiger partial charge < -0.3 is 10.1 Å². The molecule has 1 unspecified atom stereocenters. The summed E-state index contributed by atoms with van der Waals surface area (Å²) in [6.07, 6.45) is 0.931. The molecular weight excluding hydrogens is 267 g/mol. The minimum absolute atomic E-state index is 0.276. The van der Waals surface area contributed by atoms with Gasteiger partial charge in [0.15, 0.2) is 0 Å². The van der Waals surface area contributed by atoms with Crippen LogP contribution in [0.5, 0.6) is 0 Å². The van der Waals surface area contributed by atoms with E-state index in [1.807, 2.05) is 26.0 Å². The van der Waals surface area contributed by atoms with Crippen molar-refractivity contribution in [2.45, 2.75) is 39.4 Å². The summed E-state index contributed by atoms with van der Waals surface area (Å²) in [5, 5.41) is 10.3. The number of nitrogens with zero attached hydrogens (tertiary/aromatic N) is 1. The van der Waals surface area contributed by atoms with Gasteiger partial charge in [0.1, 0.15) is 5.67 Å². The van der Waals surface area contributed by atoms with Gasteiger partial charge in [0.25, 0.3) is 0 Å². The number of H-pyrrole nitrogens is 1. The smallest absolute Gasteiger partial charge is 0.143 e. The predicted molar refractivity (Wildman–Crippen MR) is 85.2 cm³/mol. The summed E-state index contributed by atoms with van der Waals surface area (Å²) in [6.45, 7) is 6.87. The van der Waals surface area contributed by atoms with E-state index in [4.69, 9.17) is 5.11 Å². The van der Waals surface area contributed by atoms with Crippen LogP contribution in [0.1, 0.15) is 32.0 Å². The van der Waals surface area contributed by atoms with Crippen LogP contribution in [0, 0.1) is 0 Å². The highest BCUT2D eigenvalue weighted by molar-refractivity contribution is 5.84. The number of alkyl halides is 1. The molecule has 0 saturated carbocycles. The van der Waals surface area contributed by atoms with Gasteiger partial charge >= 0.3 is 0 Å². The number of rotatable bonds is 3. The summed E-state index contributed by atoms with van der Waals surface area (Å²) >= 11 is 0. The second kappa shape index (κ2) is 6.58. The largest absolute Gasteiger partial charge is 0.393 e. The van der Waals surface area contributed by atoms with Gasteiger partial charge in [-0.15, -0.1) is 0 Å². The average molecular weight is 292 g/mol. The van der Waals surface area contributed by atoms with Crippen LogP contribution in [0.2, 0.25) is 0 Å². The Morgan fingerprint density at radius 2 is 2.05 bits per heavy atom. The Hall–Kier alpha value is -1.39. The van der Waals surface area contributed by atoms with Crippen LogP contribution in [0.25, 0.3) is 10.9 Å². The van der Waals surface area contributed by atoms with Crippen molar-refractivity contribution in [3.8, 4) is 0 Å². The molecule has 3 nitrogen and oxygen atoms in total. The Labute approximate surface area is 125 Å². The van der Waals surface area contributed by atoms with E-state index in [-0.39, 0.29) is 6.54 Å². The SMILES string of the molecule is CC.CC(F)(CO)CN1CCc2c([nH]c3ccccc23)C1. The lowest BCUT2D eigenvalue weighted by Crippen LogP contribution is -2.42. The molecule has 2 heterocycles. The minimum atomic E-state index is -1.52. The Bertz CT molecular complexity index is 591. The second-order valence-electron chi connectivity index (χ2n) is 5.66. The molecule has 21 heavy (non-hydrogen) atoms. The number of para-hydroxylation sites is 1. The second-order valence-corrected chi connectivity index (χ2v) is 5.66. The molecule has 0 fully saturated rings. The van der Waals surface area contributed by atoms with E-state index in [0.29, 0.717) is 0 Å². The van der Waals surface area contributed by atoms with Crippen LogP contribution >= 0.6 is 0 Å². The fourth-order valence-electron chi connectivity index (χ4n) is 2.90. The molecule has 1 atom stereocenters. The molecule has 3 rings (SSSR count). The van der Waals surface area contributed by atoms with Crippen molar-refractivity contribution in [1.29, 1.82) is 0 Å². The molecule has 1 aromatic carbocycles. The van der Waals surface area contributed by atoms with Gasteiger partial charge in [-0.1, -0.05) is 32.0 Å². The zero-order valence-corrected chi connectivity index (χ0v) is 13.1. The van der Waals surface area contributed by atoms with Gasteiger partial charge in [-0.3, -0.25) is 4.90 Å². The Balaban J connectivity index is 0.000000774. The van der Waals surface area contributed by atoms with Crippen molar-refractivity contribution in [3.05, 3.63) is 35.5 Å². The standard InChI is InChI=1S/C15H19FN2O.C2H6/c1-15(16,10-19)9-18-7-6-12-11-4-2-3-5-13(11)17-14(12)8-18;1-2/h2-5,17,19H,6-10H2,1H3;1-2H3. The molecule has 1 aliphatic heterocycles. The number of fused-ring (bicyclic) bond motifs is 3. The van der Waals surface area contributed by atoms with Crippen LogP contribution < -0.4 is 0 Å². The van der Waals surface area contributed by atoms with Crippen LogP contribution in [-0.2, 0) is 13.0 Å². The normalized spacial score (nSPS) is 17.8. The van der Waals surface area contributed by atoms with E-state index < -0.39 is 12.3 Å². The van der Waals surface area contributed by atoms with Gasteiger partial charge in [-0.2, -0.15) is 0 Å². The number of benzene rings is 1.